The summed E-state index contributed by atoms with van der Waals surface area (Å²) in [6.07, 6.45) is 8.05. The molecule has 142 valence electrons. The number of rotatable bonds is 4. The Bertz CT molecular complexity index is 966. The first-order chi connectivity index (χ1) is 13.1. The lowest BCUT2D eigenvalue weighted by Crippen LogP contribution is -2.35. The van der Waals surface area contributed by atoms with E-state index in [0.717, 1.165) is 46.0 Å². The first-order valence-electron chi connectivity index (χ1n) is 8.99. The van der Waals surface area contributed by atoms with Crippen molar-refractivity contribution >= 4 is 46.7 Å². The van der Waals surface area contributed by atoms with Gasteiger partial charge in [0.15, 0.2) is 0 Å². The van der Waals surface area contributed by atoms with E-state index in [1.54, 1.807) is 29.9 Å². The Morgan fingerprint density at radius 1 is 1.15 bits per heavy atom. The maximum Gasteiger partial charge on any atom is 0.255 e. The predicted molar refractivity (Wildman–Crippen MR) is 115 cm³/mol. The van der Waals surface area contributed by atoms with Gasteiger partial charge in [0.2, 0.25) is 0 Å². The third kappa shape index (κ3) is 3.52. The van der Waals surface area contributed by atoms with E-state index in [9.17, 15) is 0 Å². The second kappa shape index (κ2) is 7.89. The van der Waals surface area contributed by atoms with Crippen LogP contribution < -0.4 is 4.90 Å². The van der Waals surface area contributed by atoms with Crippen LogP contribution in [0.15, 0.2) is 34.4 Å². The van der Waals surface area contributed by atoms with E-state index in [2.05, 4.69) is 40.3 Å². The van der Waals surface area contributed by atoms with Gasteiger partial charge in [0, 0.05) is 28.6 Å². The molecule has 27 heavy (non-hydrogen) atoms. The smallest absolute Gasteiger partial charge is 0.255 e. The summed E-state index contributed by atoms with van der Waals surface area (Å²) in [5.41, 5.74) is 2.06. The fraction of sp³-hybridized carbons (Fsp3) is 0.421. The number of halogens is 1. The lowest BCUT2D eigenvalue weighted by atomic mass is 9.98. The van der Waals surface area contributed by atoms with Crippen LogP contribution >= 0.6 is 35.1 Å². The van der Waals surface area contributed by atoms with Crippen molar-refractivity contribution in [2.24, 2.45) is 5.92 Å². The van der Waals surface area contributed by atoms with Gasteiger partial charge in [0.1, 0.15) is 17.2 Å². The molecule has 3 aromatic rings. The lowest BCUT2D eigenvalue weighted by Gasteiger charge is -2.33. The van der Waals surface area contributed by atoms with E-state index in [4.69, 9.17) is 16.6 Å². The standard InChI is InChI=1S/C19H22ClN5S2/c1-12-6-8-24(9-7-12)18-16(14-10-13(26-2)4-5-15(14)20)17(27-3)23-19-21-11-22-25(18)19/h4-5,10-12H,6-9H2,1-3H3. The molecule has 1 aliphatic rings. The highest BCUT2D eigenvalue weighted by Crippen LogP contribution is 2.42. The summed E-state index contributed by atoms with van der Waals surface area (Å²) in [5, 5.41) is 6.16. The molecule has 0 saturated carbocycles. The number of fused-ring (bicyclic) bond motifs is 1. The molecule has 1 aliphatic heterocycles. The second-order valence-corrected chi connectivity index (χ2v) is 8.89. The molecule has 0 spiro atoms. The molecule has 4 rings (SSSR count). The van der Waals surface area contributed by atoms with Crippen molar-refractivity contribution < 1.29 is 0 Å². The summed E-state index contributed by atoms with van der Waals surface area (Å²) in [4.78, 5) is 12.7. The van der Waals surface area contributed by atoms with Crippen molar-refractivity contribution in [3.05, 3.63) is 29.5 Å². The van der Waals surface area contributed by atoms with Crippen molar-refractivity contribution in [1.29, 1.82) is 0 Å². The van der Waals surface area contributed by atoms with Crippen LogP contribution in [0.3, 0.4) is 0 Å². The largest absolute Gasteiger partial charge is 0.356 e. The number of piperidine rings is 1. The lowest BCUT2D eigenvalue weighted by molar-refractivity contribution is 0.435. The minimum atomic E-state index is 0.633. The number of aromatic nitrogens is 4. The topological polar surface area (TPSA) is 46.3 Å². The zero-order valence-corrected chi connectivity index (χ0v) is 18.0. The summed E-state index contributed by atoms with van der Waals surface area (Å²) in [7, 11) is 0. The van der Waals surface area contributed by atoms with Crippen molar-refractivity contribution in [3.8, 4) is 11.1 Å². The molecule has 0 N–H and O–H groups in total. The van der Waals surface area contributed by atoms with E-state index in [1.165, 1.54) is 17.7 Å². The summed E-state index contributed by atoms with van der Waals surface area (Å²) in [6, 6.07) is 6.18. The number of anilines is 1. The SMILES string of the molecule is CSc1ccc(Cl)c(-c2c(SC)nc3ncnn3c2N2CCC(C)CC2)c1. The Kier molecular flexibility index (Phi) is 5.53. The highest BCUT2D eigenvalue weighted by molar-refractivity contribution is 7.98. The van der Waals surface area contributed by atoms with Crippen LogP contribution in [0, 0.1) is 5.92 Å². The third-order valence-electron chi connectivity index (χ3n) is 5.09. The van der Waals surface area contributed by atoms with Gasteiger partial charge in [-0.3, -0.25) is 0 Å². The Morgan fingerprint density at radius 3 is 2.63 bits per heavy atom. The average Bonchev–Trinajstić information content (AvgIpc) is 3.16. The Labute approximate surface area is 172 Å². The molecule has 1 fully saturated rings. The maximum absolute atomic E-state index is 6.67. The number of benzene rings is 1. The molecular formula is C19H22ClN5S2. The number of hydrogen-bond acceptors (Lipinski definition) is 6. The number of nitrogens with zero attached hydrogens (tertiary/aromatic N) is 5. The molecule has 3 heterocycles. The number of thioether (sulfide) groups is 2. The molecule has 8 heteroatoms. The molecule has 0 aliphatic carbocycles. The van der Waals surface area contributed by atoms with Crippen LogP contribution in [-0.4, -0.2) is 45.2 Å². The van der Waals surface area contributed by atoms with Gasteiger partial charge in [0.25, 0.3) is 5.78 Å². The number of hydrogen-bond donors (Lipinski definition) is 0. The minimum Gasteiger partial charge on any atom is -0.356 e. The van der Waals surface area contributed by atoms with E-state index >= 15 is 0 Å². The Balaban J connectivity index is 1.99. The van der Waals surface area contributed by atoms with Gasteiger partial charge in [0.05, 0.1) is 5.56 Å². The zero-order chi connectivity index (χ0) is 19.0. The second-order valence-electron chi connectivity index (χ2n) is 6.81. The molecule has 2 aromatic heterocycles. The van der Waals surface area contributed by atoms with Gasteiger partial charge in [-0.2, -0.15) is 14.6 Å². The Hall–Kier alpha value is -1.44. The first kappa shape index (κ1) is 18.9. The third-order valence-corrected chi connectivity index (χ3v) is 6.83. The monoisotopic (exact) mass is 419 g/mol. The fourth-order valence-corrected chi connectivity index (χ4v) is 4.76. The molecule has 0 atom stereocenters. The van der Waals surface area contributed by atoms with E-state index in [1.807, 2.05) is 16.8 Å². The molecule has 0 bridgehead atoms. The normalized spacial score (nSPS) is 15.6. The minimum absolute atomic E-state index is 0.633. The maximum atomic E-state index is 6.67. The van der Waals surface area contributed by atoms with Crippen LogP contribution in [-0.2, 0) is 0 Å². The summed E-state index contributed by atoms with van der Waals surface area (Å²) in [5.74, 6) is 2.43. The van der Waals surface area contributed by atoms with Gasteiger partial charge in [-0.15, -0.1) is 23.5 Å². The summed E-state index contributed by atoms with van der Waals surface area (Å²) < 4.78 is 1.87. The van der Waals surface area contributed by atoms with Crippen molar-refractivity contribution in [2.45, 2.75) is 29.7 Å². The van der Waals surface area contributed by atoms with E-state index < -0.39 is 0 Å². The molecule has 0 radical (unpaired) electrons. The van der Waals surface area contributed by atoms with Crippen LogP contribution in [0.1, 0.15) is 19.8 Å². The summed E-state index contributed by atoms with van der Waals surface area (Å²) >= 11 is 10.0. The van der Waals surface area contributed by atoms with E-state index in [0.29, 0.717) is 5.78 Å². The molecule has 1 aromatic carbocycles. The van der Waals surface area contributed by atoms with Crippen molar-refractivity contribution in [2.75, 3.05) is 30.5 Å². The zero-order valence-electron chi connectivity index (χ0n) is 15.6. The molecular weight excluding hydrogens is 398 g/mol. The van der Waals surface area contributed by atoms with Gasteiger partial charge in [-0.05, 0) is 49.5 Å². The highest BCUT2D eigenvalue weighted by Gasteiger charge is 2.26. The molecule has 0 unspecified atom stereocenters. The molecule has 0 amide bonds. The van der Waals surface area contributed by atoms with Gasteiger partial charge in [-0.25, -0.2) is 4.98 Å². The van der Waals surface area contributed by atoms with Crippen molar-refractivity contribution in [3.63, 3.8) is 0 Å². The Morgan fingerprint density at radius 2 is 1.93 bits per heavy atom. The summed E-state index contributed by atoms with van der Waals surface area (Å²) in [6.45, 7) is 4.32. The predicted octanol–water partition coefficient (Wildman–Crippen LogP) is 5.12. The van der Waals surface area contributed by atoms with Crippen LogP contribution in [0.4, 0.5) is 5.82 Å². The van der Waals surface area contributed by atoms with Gasteiger partial charge < -0.3 is 4.90 Å². The quantitative estimate of drug-likeness (QED) is 0.431. The first-order valence-corrected chi connectivity index (χ1v) is 11.8. The van der Waals surface area contributed by atoms with Gasteiger partial charge in [-0.1, -0.05) is 18.5 Å². The average molecular weight is 420 g/mol. The van der Waals surface area contributed by atoms with Crippen LogP contribution in [0.2, 0.25) is 5.02 Å². The van der Waals surface area contributed by atoms with E-state index in [-0.39, 0.29) is 0 Å². The van der Waals surface area contributed by atoms with Crippen LogP contribution in [0.25, 0.3) is 16.9 Å². The molecule has 5 nitrogen and oxygen atoms in total. The van der Waals surface area contributed by atoms with Gasteiger partial charge >= 0.3 is 0 Å². The molecule has 1 saturated heterocycles. The highest BCUT2D eigenvalue weighted by atomic mass is 35.5. The van der Waals surface area contributed by atoms with Crippen LogP contribution in [0.5, 0.6) is 0 Å². The van der Waals surface area contributed by atoms with Crippen molar-refractivity contribution in [1.82, 2.24) is 19.6 Å². The fourth-order valence-electron chi connectivity index (χ4n) is 3.53.